The third-order valence-corrected chi connectivity index (χ3v) is 2.74. The Kier molecular flexibility index (Phi) is 4.29. The molecule has 1 N–H and O–H groups in total. The molecule has 1 nitrogen and oxygen atoms in total. The number of thiol groups is 2. The van der Waals surface area contributed by atoms with Crippen molar-refractivity contribution in [2.45, 2.75) is 23.5 Å². The van der Waals surface area contributed by atoms with Gasteiger partial charge in [0.15, 0.2) is 0 Å². The van der Waals surface area contributed by atoms with Gasteiger partial charge in [-0.15, -0.1) is 0 Å². The molecule has 2 unspecified atom stereocenters. The first-order valence-electron chi connectivity index (χ1n) is 4.32. The van der Waals surface area contributed by atoms with E-state index in [9.17, 15) is 9.50 Å². The Hall–Kier alpha value is -0.190. The van der Waals surface area contributed by atoms with E-state index in [0.717, 1.165) is 5.56 Å². The van der Waals surface area contributed by atoms with Crippen LogP contribution in [0.25, 0.3) is 0 Å². The zero-order chi connectivity index (χ0) is 10.7. The maximum absolute atomic E-state index is 12.7. The van der Waals surface area contributed by atoms with Crippen molar-refractivity contribution >= 4 is 25.3 Å². The molecule has 0 saturated carbocycles. The van der Waals surface area contributed by atoms with E-state index in [4.69, 9.17) is 0 Å². The number of rotatable bonds is 3. The normalized spacial score (nSPS) is 15.6. The summed E-state index contributed by atoms with van der Waals surface area (Å²) in [7, 11) is 0. The topological polar surface area (TPSA) is 20.2 Å². The Morgan fingerprint density at radius 3 is 2.07 bits per heavy atom. The van der Waals surface area contributed by atoms with E-state index in [-0.39, 0.29) is 16.3 Å². The van der Waals surface area contributed by atoms with Gasteiger partial charge in [0, 0.05) is 5.92 Å². The molecule has 1 aromatic carbocycles. The Morgan fingerprint density at radius 1 is 1.21 bits per heavy atom. The van der Waals surface area contributed by atoms with E-state index >= 15 is 0 Å². The molecular formula is C10H13FOS2. The molecule has 0 heterocycles. The summed E-state index contributed by atoms with van der Waals surface area (Å²) >= 11 is 8.36. The highest BCUT2D eigenvalue weighted by Gasteiger charge is 2.22. The van der Waals surface area contributed by atoms with Crippen LogP contribution in [0.2, 0.25) is 0 Å². The van der Waals surface area contributed by atoms with Crippen molar-refractivity contribution < 1.29 is 9.50 Å². The standard InChI is InChI=1S/C10H13FOS2/c1-6(12)9(10(13)14)7-2-4-8(11)5-3-7/h2-6,9-10,12-14H,1H3. The average molecular weight is 232 g/mol. The maximum Gasteiger partial charge on any atom is 0.123 e. The molecule has 0 radical (unpaired) electrons. The van der Waals surface area contributed by atoms with Gasteiger partial charge in [0.25, 0.3) is 0 Å². The number of aliphatic hydroxyl groups is 1. The van der Waals surface area contributed by atoms with Gasteiger partial charge in [0.2, 0.25) is 0 Å². The molecule has 2 atom stereocenters. The molecular weight excluding hydrogens is 219 g/mol. The smallest absolute Gasteiger partial charge is 0.123 e. The Balaban J connectivity index is 2.94. The highest BCUT2D eigenvalue weighted by Crippen LogP contribution is 2.29. The minimum absolute atomic E-state index is 0.192. The second-order valence-corrected chi connectivity index (χ2v) is 4.75. The number of hydrogen-bond acceptors (Lipinski definition) is 3. The first kappa shape index (κ1) is 11.9. The fourth-order valence-corrected chi connectivity index (χ4v) is 2.23. The molecule has 0 amide bonds. The van der Waals surface area contributed by atoms with Crippen LogP contribution in [0.4, 0.5) is 4.39 Å². The van der Waals surface area contributed by atoms with E-state index in [0.29, 0.717) is 0 Å². The van der Waals surface area contributed by atoms with E-state index in [1.54, 1.807) is 19.1 Å². The van der Waals surface area contributed by atoms with Crippen molar-refractivity contribution in [3.05, 3.63) is 35.6 Å². The van der Waals surface area contributed by atoms with Crippen molar-refractivity contribution in [1.29, 1.82) is 0 Å². The predicted octanol–water partition coefficient (Wildman–Crippen LogP) is 2.48. The summed E-state index contributed by atoms with van der Waals surface area (Å²) in [5.41, 5.74) is 0.844. The van der Waals surface area contributed by atoms with Gasteiger partial charge < -0.3 is 5.11 Å². The molecule has 0 saturated heterocycles. The van der Waals surface area contributed by atoms with E-state index in [2.05, 4.69) is 25.3 Å². The zero-order valence-electron chi connectivity index (χ0n) is 7.76. The number of halogens is 1. The molecule has 4 heteroatoms. The lowest BCUT2D eigenvalue weighted by Gasteiger charge is -2.22. The van der Waals surface area contributed by atoms with Gasteiger partial charge >= 0.3 is 0 Å². The van der Waals surface area contributed by atoms with Crippen LogP contribution in [0, 0.1) is 5.82 Å². The summed E-state index contributed by atoms with van der Waals surface area (Å²) in [5.74, 6) is -0.477. The van der Waals surface area contributed by atoms with Crippen molar-refractivity contribution in [3.8, 4) is 0 Å². The summed E-state index contributed by atoms with van der Waals surface area (Å²) in [6.07, 6.45) is -0.555. The van der Waals surface area contributed by atoms with Crippen LogP contribution in [0.5, 0.6) is 0 Å². The fourth-order valence-electron chi connectivity index (χ4n) is 1.38. The van der Waals surface area contributed by atoms with Crippen LogP contribution in [0.3, 0.4) is 0 Å². The van der Waals surface area contributed by atoms with Gasteiger partial charge in [-0.25, -0.2) is 4.39 Å². The van der Waals surface area contributed by atoms with E-state index in [1.165, 1.54) is 12.1 Å². The van der Waals surface area contributed by atoms with Crippen LogP contribution >= 0.6 is 25.3 Å². The predicted molar refractivity (Wildman–Crippen MR) is 62.6 cm³/mol. The van der Waals surface area contributed by atoms with Crippen molar-refractivity contribution in [3.63, 3.8) is 0 Å². The van der Waals surface area contributed by atoms with Crippen LogP contribution in [0.1, 0.15) is 18.4 Å². The lowest BCUT2D eigenvalue weighted by Crippen LogP contribution is -2.20. The Labute approximate surface area is 94.2 Å². The van der Waals surface area contributed by atoms with Crippen molar-refractivity contribution in [2.24, 2.45) is 0 Å². The SMILES string of the molecule is CC(O)C(c1ccc(F)cc1)C(S)S. The molecule has 1 rings (SSSR count). The van der Waals surface area contributed by atoms with Crippen LogP contribution < -0.4 is 0 Å². The van der Waals surface area contributed by atoms with E-state index in [1.807, 2.05) is 0 Å². The Morgan fingerprint density at radius 2 is 1.71 bits per heavy atom. The molecule has 1 aromatic rings. The zero-order valence-corrected chi connectivity index (χ0v) is 9.55. The van der Waals surface area contributed by atoms with E-state index < -0.39 is 6.10 Å². The first-order chi connectivity index (χ1) is 6.52. The van der Waals surface area contributed by atoms with Crippen molar-refractivity contribution in [2.75, 3.05) is 0 Å². The minimum Gasteiger partial charge on any atom is -0.393 e. The first-order valence-corrected chi connectivity index (χ1v) is 5.35. The summed E-state index contributed by atoms with van der Waals surface area (Å²) in [6.45, 7) is 1.67. The van der Waals surface area contributed by atoms with Crippen LogP contribution in [-0.4, -0.2) is 15.8 Å². The monoisotopic (exact) mass is 232 g/mol. The van der Waals surface area contributed by atoms with Crippen LogP contribution in [0.15, 0.2) is 24.3 Å². The second-order valence-electron chi connectivity index (χ2n) is 3.23. The molecule has 0 aliphatic heterocycles. The number of aliphatic hydroxyl groups excluding tert-OH is 1. The highest BCUT2D eigenvalue weighted by molar-refractivity contribution is 7.99. The van der Waals surface area contributed by atoms with Crippen molar-refractivity contribution in [1.82, 2.24) is 0 Å². The molecule has 0 aromatic heterocycles. The molecule has 0 bridgehead atoms. The third-order valence-electron chi connectivity index (χ3n) is 2.10. The van der Waals surface area contributed by atoms with Gasteiger partial charge in [-0.1, -0.05) is 12.1 Å². The molecule has 14 heavy (non-hydrogen) atoms. The van der Waals surface area contributed by atoms with Gasteiger partial charge in [-0.2, -0.15) is 25.3 Å². The summed E-state index contributed by atoms with van der Waals surface area (Å²) < 4.78 is 12.4. The summed E-state index contributed by atoms with van der Waals surface area (Å²) in [6, 6.07) is 6.03. The number of hydrogen-bond donors (Lipinski definition) is 3. The molecule has 78 valence electrons. The lowest BCUT2D eigenvalue weighted by molar-refractivity contribution is 0.168. The molecule has 0 aliphatic carbocycles. The average Bonchev–Trinajstić information content (AvgIpc) is 2.07. The largest absolute Gasteiger partial charge is 0.393 e. The summed E-state index contributed by atoms with van der Waals surface area (Å²) in [5, 5.41) is 9.51. The van der Waals surface area contributed by atoms with Gasteiger partial charge in [-0.3, -0.25) is 0 Å². The second kappa shape index (κ2) is 5.05. The van der Waals surface area contributed by atoms with Gasteiger partial charge in [0.1, 0.15) is 5.82 Å². The maximum atomic E-state index is 12.7. The quantitative estimate of drug-likeness (QED) is 0.540. The fraction of sp³-hybridized carbons (Fsp3) is 0.400. The Bertz CT molecular complexity index is 277. The minimum atomic E-state index is -0.555. The summed E-state index contributed by atoms with van der Waals surface area (Å²) in [4.78, 5) is 0. The number of benzene rings is 1. The molecule has 0 aliphatic rings. The van der Waals surface area contributed by atoms with Crippen LogP contribution in [-0.2, 0) is 0 Å². The molecule has 0 spiro atoms. The third kappa shape index (κ3) is 2.90. The lowest BCUT2D eigenvalue weighted by atomic mass is 9.96. The molecule has 0 fully saturated rings. The van der Waals surface area contributed by atoms with Gasteiger partial charge in [0.05, 0.1) is 10.7 Å². The highest BCUT2D eigenvalue weighted by atomic mass is 32.2. The van der Waals surface area contributed by atoms with Gasteiger partial charge in [-0.05, 0) is 24.6 Å².